The topological polar surface area (TPSA) is 106 Å². The van der Waals surface area contributed by atoms with Crippen LogP contribution in [0.5, 0.6) is 0 Å². The van der Waals surface area contributed by atoms with Crippen molar-refractivity contribution in [2.24, 2.45) is 0 Å². The number of nitrogens with one attached hydrogen (secondary N) is 1. The zero-order chi connectivity index (χ0) is 24.8. The first kappa shape index (κ1) is 25.3. The highest BCUT2D eigenvalue weighted by Crippen LogP contribution is 2.28. The molecule has 1 fully saturated rings. The largest absolute Gasteiger partial charge is 0.452 e. The van der Waals surface area contributed by atoms with E-state index in [4.69, 9.17) is 16.3 Å². The van der Waals surface area contributed by atoms with Crippen LogP contribution in [-0.4, -0.2) is 49.3 Å². The molecule has 0 spiro atoms. The highest BCUT2D eigenvalue weighted by molar-refractivity contribution is 7.89. The Balaban J connectivity index is 1.35. The van der Waals surface area contributed by atoms with Gasteiger partial charge in [0.1, 0.15) is 5.01 Å². The zero-order valence-electron chi connectivity index (χ0n) is 18.8. The molecular weight excluding hydrogens is 510 g/mol. The zero-order valence-corrected chi connectivity index (χ0v) is 21.2. The molecule has 0 unspecified atom stereocenters. The number of sulfonamides is 1. The standard InChI is InChI=1S/C24H24ClN3O5S2/c25-18-10-9-17(35(31,32)28-13-5-1-2-6-14-28)15-20(18)26-22(29)16-33-24(30)12-11-23-27-19-7-3-4-8-21(19)34-23/h3-4,7-12,15H,1-2,5-6,13-14,16H2,(H,26,29)/b12-11+. The Labute approximate surface area is 212 Å². The lowest BCUT2D eigenvalue weighted by Crippen LogP contribution is -2.32. The van der Waals surface area contributed by atoms with Gasteiger partial charge in [0.15, 0.2) is 6.61 Å². The molecule has 11 heteroatoms. The highest BCUT2D eigenvalue weighted by Gasteiger charge is 2.26. The fourth-order valence-corrected chi connectivity index (χ4v) is 6.24. The Morgan fingerprint density at radius 3 is 2.60 bits per heavy atom. The molecule has 1 aliphatic heterocycles. The molecule has 2 aromatic carbocycles. The summed E-state index contributed by atoms with van der Waals surface area (Å²) in [5.41, 5.74) is 0.968. The summed E-state index contributed by atoms with van der Waals surface area (Å²) >= 11 is 7.60. The molecular formula is C24H24ClN3O5S2. The van der Waals surface area contributed by atoms with Crippen LogP contribution in [0.25, 0.3) is 16.3 Å². The number of para-hydroxylation sites is 1. The van der Waals surface area contributed by atoms with Crippen LogP contribution in [0.3, 0.4) is 0 Å². The minimum absolute atomic E-state index is 0.0508. The number of fused-ring (bicyclic) bond motifs is 1. The van der Waals surface area contributed by atoms with Gasteiger partial charge in [-0.2, -0.15) is 4.31 Å². The van der Waals surface area contributed by atoms with E-state index in [2.05, 4.69) is 10.3 Å². The average Bonchev–Trinajstić information content (AvgIpc) is 3.05. The fraction of sp³-hybridized carbons (Fsp3) is 0.292. The van der Waals surface area contributed by atoms with Crippen molar-refractivity contribution in [3.63, 3.8) is 0 Å². The Morgan fingerprint density at radius 1 is 1.11 bits per heavy atom. The van der Waals surface area contributed by atoms with Gasteiger partial charge in [-0.05, 0) is 49.2 Å². The third-order valence-corrected chi connectivity index (χ3v) is 8.66. The van der Waals surface area contributed by atoms with E-state index in [1.54, 1.807) is 0 Å². The predicted molar refractivity (Wildman–Crippen MR) is 137 cm³/mol. The van der Waals surface area contributed by atoms with Crippen LogP contribution in [0.2, 0.25) is 5.02 Å². The number of thiazole rings is 1. The van der Waals surface area contributed by atoms with E-state index in [1.165, 1.54) is 46.0 Å². The van der Waals surface area contributed by atoms with E-state index < -0.39 is 28.5 Å². The molecule has 2 heterocycles. The number of anilines is 1. The number of esters is 1. The van der Waals surface area contributed by atoms with Crippen molar-refractivity contribution >= 4 is 66.8 Å². The first-order valence-corrected chi connectivity index (χ1v) is 13.8. The van der Waals surface area contributed by atoms with E-state index in [-0.39, 0.29) is 15.6 Å². The maximum absolute atomic E-state index is 13.0. The summed E-state index contributed by atoms with van der Waals surface area (Å²) in [5, 5.41) is 3.34. The number of nitrogens with zero attached hydrogens (tertiary/aromatic N) is 2. The third-order valence-electron chi connectivity index (χ3n) is 5.43. The normalized spacial score (nSPS) is 15.2. The molecule has 0 aliphatic carbocycles. The van der Waals surface area contributed by atoms with E-state index in [0.29, 0.717) is 18.1 Å². The van der Waals surface area contributed by atoms with Crippen molar-refractivity contribution in [2.75, 3.05) is 25.0 Å². The van der Waals surface area contributed by atoms with Crippen LogP contribution in [-0.2, 0) is 24.3 Å². The Kier molecular flexibility index (Phi) is 8.17. The third kappa shape index (κ3) is 6.46. The second-order valence-electron chi connectivity index (χ2n) is 7.97. The van der Waals surface area contributed by atoms with Gasteiger partial charge in [0.2, 0.25) is 10.0 Å². The predicted octanol–water partition coefficient (Wildman–Crippen LogP) is 4.71. The number of halogens is 1. The SMILES string of the molecule is O=C(COC(=O)/C=C/c1nc2ccccc2s1)Nc1cc(S(=O)(=O)N2CCCCCC2)ccc1Cl. The lowest BCUT2D eigenvalue weighted by molar-refractivity contribution is -0.142. The van der Waals surface area contributed by atoms with E-state index in [9.17, 15) is 18.0 Å². The summed E-state index contributed by atoms with van der Waals surface area (Å²) in [6.07, 6.45) is 6.36. The summed E-state index contributed by atoms with van der Waals surface area (Å²) in [5.74, 6) is -1.35. The Morgan fingerprint density at radius 2 is 1.86 bits per heavy atom. The summed E-state index contributed by atoms with van der Waals surface area (Å²) < 4.78 is 33.5. The first-order valence-electron chi connectivity index (χ1n) is 11.1. The fourth-order valence-electron chi connectivity index (χ4n) is 3.66. The number of aromatic nitrogens is 1. The molecule has 1 N–H and O–H groups in total. The number of hydrogen-bond donors (Lipinski definition) is 1. The van der Waals surface area contributed by atoms with Gasteiger partial charge in [-0.25, -0.2) is 18.2 Å². The number of hydrogen-bond acceptors (Lipinski definition) is 7. The highest BCUT2D eigenvalue weighted by atomic mass is 35.5. The molecule has 184 valence electrons. The summed E-state index contributed by atoms with van der Waals surface area (Å²) in [4.78, 5) is 28.8. The van der Waals surface area contributed by atoms with Crippen molar-refractivity contribution in [2.45, 2.75) is 30.6 Å². The minimum atomic E-state index is -3.71. The van der Waals surface area contributed by atoms with E-state index in [0.717, 1.165) is 35.9 Å². The Bertz CT molecular complexity index is 1330. The van der Waals surface area contributed by atoms with Crippen LogP contribution < -0.4 is 5.32 Å². The molecule has 1 aromatic heterocycles. The Hall–Kier alpha value is -2.79. The van der Waals surface area contributed by atoms with Gasteiger partial charge in [0.25, 0.3) is 5.91 Å². The second kappa shape index (κ2) is 11.3. The van der Waals surface area contributed by atoms with Gasteiger partial charge in [-0.1, -0.05) is 36.6 Å². The molecule has 3 aromatic rings. The molecule has 1 aliphatic rings. The van der Waals surface area contributed by atoms with Gasteiger partial charge in [-0.3, -0.25) is 4.79 Å². The van der Waals surface area contributed by atoms with Gasteiger partial charge < -0.3 is 10.1 Å². The smallest absolute Gasteiger partial charge is 0.331 e. The number of ether oxygens (including phenoxy) is 1. The number of amides is 1. The molecule has 0 saturated carbocycles. The van der Waals surface area contributed by atoms with Crippen LogP contribution in [0, 0.1) is 0 Å². The van der Waals surface area contributed by atoms with Crippen LogP contribution >= 0.6 is 22.9 Å². The number of rotatable bonds is 7. The van der Waals surface area contributed by atoms with Crippen LogP contribution in [0.4, 0.5) is 5.69 Å². The van der Waals surface area contributed by atoms with Crippen molar-refractivity contribution in [3.8, 4) is 0 Å². The van der Waals surface area contributed by atoms with Crippen LogP contribution in [0.1, 0.15) is 30.7 Å². The van der Waals surface area contributed by atoms with Crippen molar-refractivity contribution in [1.29, 1.82) is 0 Å². The van der Waals surface area contributed by atoms with E-state index >= 15 is 0 Å². The molecule has 1 amide bonds. The number of carbonyl (C=O) groups is 2. The maximum atomic E-state index is 13.0. The lowest BCUT2D eigenvalue weighted by atomic mass is 10.2. The van der Waals surface area contributed by atoms with Gasteiger partial charge in [-0.15, -0.1) is 11.3 Å². The molecule has 4 rings (SSSR count). The first-order chi connectivity index (χ1) is 16.8. The molecule has 0 atom stereocenters. The van der Waals surface area contributed by atoms with Crippen molar-refractivity contribution in [1.82, 2.24) is 9.29 Å². The summed E-state index contributed by atoms with van der Waals surface area (Å²) in [6.45, 7) is 0.378. The lowest BCUT2D eigenvalue weighted by Gasteiger charge is -2.20. The molecule has 0 radical (unpaired) electrons. The summed E-state index contributed by atoms with van der Waals surface area (Å²) in [7, 11) is -3.71. The quantitative estimate of drug-likeness (QED) is 0.348. The van der Waals surface area contributed by atoms with Gasteiger partial charge in [0.05, 0.1) is 25.8 Å². The molecule has 0 bridgehead atoms. The van der Waals surface area contributed by atoms with Gasteiger partial charge in [0, 0.05) is 19.2 Å². The van der Waals surface area contributed by atoms with E-state index in [1.807, 2.05) is 24.3 Å². The average molecular weight is 534 g/mol. The second-order valence-corrected chi connectivity index (χ2v) is 11.4. The number of benzene rings is 2. The maximum Gasteiger partial charge on any atom is 0.331 e. The van der Waals surface area contributed by atoms with Gasteiger partial charge >= 0.3 is 5.97 Å². The molecule has 35 heavy (non-hydrogen) atoms. The molecule has 1 saturated heterocycles. The summed E-state index contributed by atoms with van der Waals surface area (Å²) in [6, 6.07) is 11.8. The molecule has 8 nitrogen and oxygen atoms in total. The number of carbonyl (C=O) groups excluding carboxylic acids is 2. The monoisotopic (exact) mass is 533 g/mol. The minimum Gasteiger partial charge on any atom is -0.452 e. The van der Waals surface area contributed by atoms with Crippen molar-refractivity contribution < 1.29 is 22.7 Å². The van der Waals surface area contributed by atoms with Crippen molar-refractivity contribution in [3.05, 3.63) is 58.6 Å². The van der Waals surface area contributed by atoms with Crippen LogP contribution in [0.15, 0.2) is 53.4 Å².